The largest absolute Gasteiger partial charge is 0.351 e. The summed E-state index contributed by atoms with van der Waals surface area (Å²) in [5.74, 6) is -0.0599. The van der Waals surface area contributed by atoms with Crippen LogP contribution >= 0.6 is 23.4 Å². The number of hydrogen-bond donors (Lipinski definition) is 1. The highest BCUT2D eigenvalue weighted by Gasteiger charge is 2.29. The lowest BCUT2D eigenvalue weighted by molar-refractivity contribution is -0.120. The molecule has 0 radical (unpaired) electrons. The molecule has 1 amide bonds. The number of amides is 1. The van der Waals surface area contributed by atoms with Crippen LogP contribution in [0.5, 0.6) is 0 Å². The van der Waals surface area contributed by atoms with E-state index in [9.17, 15) is 4.79 Å². The van der Waals surface area contributed by atoms with E-state index in [2.05, 4.69) is 20.8 Å². The predicted molar refractivity (Wildman–Crippen MR) is 84.7 cm³/mol. The minimum atomic E-state index is -0.272. The second-order valence-corrected chi connectivity index (χ2v) is 6.92. The normalized spacial score (nSPS) is 15.5. The van der Waals surface area contributed by atoms with Gasteiger partial charge in [-0.3, -0.25) is 4.79 Å². The Labute approximate surface area is 137 Å². The standard InChI is InChI=1S/C14H16ClN5OS/c1-9(22-14-17-18-19-20(14)11-6-7-11)13(21)16-8-10-4-2-3-5-12(10)15/h2-5,9,11H,6-8H2,1H3,(H,16,21). The van der Waals surface area contributed by atoms with E-state index in [1.807, 2.05) is 35.9 Å². The molecule has 0 spiro atoms. The lowest BCUT2D eigenvalue weighted by Gasteiger charge is -2.12. The number of benzene rings is 1. The summed E-state index contributed by atoms with van der Waals surface area (Å²) in [6.07, 6.45) is 2.21. The molecule has 116 valence electrons. The van der Waals surface area contributed by atoms with E-state index >= 15 is 0 Å². The number of rotatable bonds is 6. The van der Waals surface area contributed by atoms with Gasteiger partial charge in [0.15, 0.2) is 0 Å². The van der Waals surface area contributed by atoms with Crippen molar-refractivity contribution in [2.45, 2.75) is 42.8 Å². The van der Waals surface area contributed by atoms with Crippen LogP contribution in [0.2, 0.25) is 5.02 Å². The molecule has 1 fully saturated rings. The Kier molecular flexibility index (Phi) is 4.63. The minimum Gasteiger partial charge on any atom is -0.351 e. The van der Waals surface area contributed by atoms with Crippen molar-refractivity contribution >= 4 is 29.3 Å². The van der Waals surface area contributed by atoms with Crippen LogP contribution in [0.1, 0.15) is 31.4 Å². The van der Waals surface area contributed by atoms with Gasteiger partial charge in [0.2, 0.25) is 11.1 Å². The van der Waals surface area contributed by atoms with Gasteiger partial charge in [-0.05, 0) is 41.8 Å². The highest BCUT2D eigenvalue weighted by atomic mass is 35.5. The van der Waals surface area contributed by atoms with Crippen LogP contribution in [-0.4, -0.2) is 31.4 Å². The smallest absolute Gasteiger partial charge is 0.233 e. The topological polar surface area (TPSA) is 72.7 Å². The van der Waals surface area contributed by atoms with Gasteiger partial charge in [0, 0.05) is 11.6 Å². The molecule has 1 atom stereocenters. The quantitative estimate of drug-likeness (QED) is 0.820. The van der Waals surface area contributed by atoms with Gasteiger partial charge < -0.3 is 5.32 Å². The molecule has 1 saturated carbocycles. The molecule has 1 aliphatic rings. The molecule has 1 aliphatic carbocycles. The zero-order chi connectivity index (χ0) is 15.5. The summed E-state index contributed by atoms with van der Waals surface area (Å²) in [5.41, 5.74) is 0.900. The van der Waals surface area contributed by atoms with E-state index in [4.69, 9.17) is 11.6 Å². The van der Waals surface area contributed by atoms with Crippen molar-refractivity contribution in [2.24, 2.45) is 0 Å². The Bertz CT molecular complexity index is 673. The summed E-state index contributed by atoms with van der Waals surface area (Å²) in [5, 5.41) is 15.6. The molecule has 22 heavy (non-hydrogen) atoms. The Morgan fingerprint density at radius 2 is 2.27 bits per heavy atom. The fourth-order valence-corrected chi connectivity index (χ4v) is 3.08. The lowest BCUT2D eigenvalue weighted by Crippen LogP contribution is -2.30. The summed E-state index contributed by atoms with van der Waals surface area (Å²) < 4.78 is 1.81. The molecular weight excluding hydrogens is 322 g/mol. The molecule has 6 nitrogen and oxygen atoms in total. The van der Waals surface area contributed by atoms with Crippen LogP contribution in [-0.2, 0) is 11.3 Å². The van der Waals surface area contributed by atoms with Crippen molar-refractivity contribution in [2.75, 3.05) is 0 Å². The van der Waals surface area contributed by atoms with E-state index in [0.29, 0.717) is 22.8 Å². The lowest BCUT2D eigenvalue weighted by atomic mass is 10.2. The third-order valence-electron chi connectivity index (χ3n) is 3.42. The minimum absolute atomic E-state index is 0.0599. The summed E-state index contributed by atoms with van der Waals surface area (Å²) >= 11 is 7.45. The first-order valence-electron chi connectivity index (χ1n) is 7.11. The predicted octanol–water partition coefficient (Wildman–Crippen LogP) is 2.46. The summed E-state index contributed by atoms with van der Waals surface area (Å²) in [6.45, 7) is 2.26. The van der Waals surface area contributed by atoms with Crippen molar-refractivity contribution in [3.05, 3.63) is 34.9 Å². The van der Waals surface area contributed by atoms with Gasteiger partial charge in [-0.25, -0.2) is 4.68 Å². The third kappa shape index (κ3) is 3.59. The molecule has 0 saturated heterocycles. The van der Waals surface area contributed by atoms with Crippen LogP contribution in [0.3, 0.4) is 0 Å². The monoisotopic (exact) mass is 337 g/mol. The van der Waals surface area contributed by atoms with Crippen molar-refractivity contribution < 1.29 is 4.79 Å². The second kappa shape index (κ2) is 6.66. The number of nitrogens with one attached hydrogen (secondary N) is 1. The first-order valence-corrected chi connectivity index (χ1v) is 8.36. The van der Waals surface area contributed by atoms with Gasteiger partial charge in [0.1, 0.15) is 0 Å². The molecule has 0 aliphatic heterocycles. The van der Waals surface area contributed by atoms with E-state index < -0.39 is 0 Å². The molecule has 1 unspecified atom stereocenters. The zero-order valence-corrected chi connectivity index (χ0v) is 13.6. The summed E-state index contributed by atoms with van der Waals surface area (Å²) in [7, 11) is 0. The maximum absolute atomic E-state index is 12.2. The number of halogens is 1. The third-order valence-corrected chi connectivity index (χ3v) is 4.83. The number of nitrogens with zero attached hydrogens (tertiary/aromatic N) is 4. The van der Waals surface area contributed by atoms with Crippen molar-refractivity contribution in [3.8, 4) is 0 Å². The molecule has 2 aromatic rings. The fourth-order valence-electron chi connectivity index (χ4n) is 1.99. The van der Waals surface area contributed by atoms with Gasteiger partial charge in [0.05, 0.1) is 11.3 Å². The fraction of sp³-hybridized carbons (Fsp3) is 0.429. The van der Waals surface area contributed by atoms with Crippen LogP contribution in [0.4, 0.5) is 0 Å². The number of carbonyl (C=O) groups is 1. The van der Waals surface area contributed by atoms with Crippen LogP contribution in [0.25, 0.3) is 0 Å². The van der Waals surface area contributed by atoms with E-state index in [-0.39, 0.29) is 11.2 Å². The average Bonchev–Trinajstić information content (AvgIpc) is 3.26. The Hall–Kier alpha value is -1.60. The number of tetrazole rings is 1. The summed E-state index contributed by atoms with van der Waals surface area (Å²) in [6, 6.07) is 7.87. The molecule has 8 heteroatoms. The molecule has 3 rings (SSSR count). The molecule has 1 aromatic heterocycles. The molecule has 0 bridgehead atoms. The zero-order valence-electron chi connectivity index (χ0n) is 12.1. The number of hydrogen-bond acceptors (Lipinski definition) is 5. The van der Waals surface area contributed by atoms with Crippen LogP contribution in [0, 0.1) is 0 Å². The van der Waals surface area contributed by atoms with E-state index in [1.54, 1.807) is 0 Å². The molecule has 1 aromatic carbocycles. The number of aromatic nitrogens is 4. The van der Waals surface area contributed by atoms with Crippen molar-refractivity contribution in [3.63, 3.8) is 0 Å². The Morgan fingerprint density at radius 1 is 1.50 bits per heavy atom. The first-order chi connectivity index (χ1) is 10.6. The van der Waals surface area contributed by atoms with Crippen molar-refractivity contribution in [1.82, 2.24) is 25.5 Å². The van der Waals surface area contributed by atoms with Gasteiger partial charge in [0.25, 0.3) is 0 Å². The average molecular weight is 338 g/mol. The van der Waals surface area contributed by atoms with Crippen molar-refractivity contribution in [1.29, 1.82) is 0 Å². The van der Waals surface area contributed by atoms with Gasteiger partial charge in [-0.1, -0.05) is 41.6 Å². The highest BCUT2D eigenvalue weighted by Crippen LogP contribution is 2.37. The highest BCUT2D eigenvalue weighted by molar-refractivity contribution is 8.00. The van der Waals surface area contributed by atoms with E-state index in [1.165, 1.54) is 11.8 Å². The molecular formula is C14H16ClN5OS. The summed E-state index contributed by atoms with van der Waals surface area (Å²) in [4.78, 5) is 12.2. The second-order valence-electron chi connectivity index (χ2n) is 5.21. The first kappa shape index (κ1) is 15.3. The van der Waals surface area contributed by atoms with Gasteiger partial charge in [-0.15, -0.1) is 5.10 Å². The van der Waals surface area contributed by atoms with Gasteiger partial charge >= 0.3 is 0 Å². The van der Waals surface area contributed by atoms with E-state index in [0.717, 1.165) is 18.4 Å². The SMILES string of the molecule is CC(Sc1nnnn1C1CC1)C(=O)NCc1ccccc1Cl. The maximum atomic E-state index is 12.2. The van der Waals surface area contributed by atoms with Gasteiger partial charge in [-0.2, -0.15) is 0 Å². The Balaban J connectivity index is 1.55. The number of carbonyl (C=O) groups excluding carboxylic acids is 1. The van der Waals surface area contributed by atoms with Crippen LogP contribution in [0.15, 0.2) is 29.4 Å². The van der Waals surface area contributed by atoms with Crippen LogP contribution < -0.4 is 5.32 Å². The Morgan fingerprint density at radius 3 is 3.00 bits per heavy atom. The number of thioether (sulfide) groups is 1. The maximum Gasteiger partial charge on any atom is 0.233 e. The molecule has 1 heterocycles. The molecule has 1 N–H and O–H groups in total.